The number of nitrogen functional groups attached to an aromatic ring is 1. The van der Waals surface area contributed by atoms with Crippen molar-refractivity contribution in [3.63, 3.8) is 0 Å². The van der Waals surface area contributed by atoms with Gasteiger partial charge in [-0.2, -0.15) is 4.98 Å². The molecule has 1 aromatic carbocycles. The second-order valence-corrected chi connectivity index (χ2v) is 3.66. The first kappa shape index (κ1) is 12.0. The maximum atomic E-state index is 9.85. The molecule has 0 bridgehead atoms. The van der Waals surface area contributed by atoms with Gasteiger partial charge in [0, 0.05) is 11.1 Å². The molecule has 0 saturated carbocycles. The Bertz CT molecular complexity index is 570. The van der Waals surface area contributed by atoms with E-state index >= 15 is 0 Å². The van der Waals surface area contributed by atoms with Gasteiger partial charge in [0.1, 0.15) is 5.75 Å². The molecule has 0 radical (unpaired) electrons. The van der Waals surface area contributed by atoms with Gasteiger partial charge in [-0.15, -0.1) is 0 Å². The number of para-hydroxylation sites is 1. The van der Waals surface area contributed by atoms with E-state index < -0.39 is 0 Å². The minimum Gasteiger partial charge on any atom is -0.507 e. The first-order valence-electron chi connectivity index (χ1n) is 5.34. The number of hydrogen-bond acceptors (Lipinski definition) is 5. The lowest BCUT2D eigenvalue weighted by Crippen LogP contribution is -1.99. The van der Waals surface area contributed by atoms with Crippen LogP contribution in [0, 0.1) is 0 Å². The summed E-state index contributed by atoms with van der Waals surface area (Å²) in [6.45, 7) is 0. The number of nitrogens with two attached hydrogens (primary N) is 1. The van der Waals surface area contributed by atoms with Crippen molar-refractivity contribution in [2.45, 2.75) is 0 Å². The lowest BCUT2D eigenvalue weighted by molar-refractivity contribution is 0.367. The third kappa shape index (κ3) is 2.02. The van der Waals surface area contributed by atoms with Crippen molar-refractivity contribution in [1.29, 1.82) is 0 Å². The molecule has 94 valence electrons. The maximum Gasteiger partial charge on any atom is 0.240 e. The number of ether oxygens (including phenoxy) is 2. The van der Waals surface area contributed by atoms with Crippen molar-refractivity contribution < 1.29 is 14.6 Å². The summed E-state index contributed by atoms with van der Waals surface area (Å²) < 4.78 is 10.2. The predicted octanol–water partition coefficient (Wildman–Crippen LogP) is 2.05. The highest BCUT2D eigenvalue weighted by molar-refractivity contribution is 5.77. The molecule has 0 aliphatic carbocycles. The number of phenolic OH excluding ortho intramolecular Hbond substituents is 1. The van der Waals surface area contributed by atoms with Crippen LogP contribution < -0.4 is 15.2 Å². The Morgan fingerprint density at radius 2 is 1.72 bits per heavy atom. The van der Waals surface area contributed by atoms with E-state index in [9.17, 15) is 5.11 Å². The van der Waals surface area contributed by atoms with Crippen LogP contribution in [0.2, 0.25) is 0 Å². The average molecular weight is 246 g/mol. The summed E-state index contributed by atoms with van der Waals surface area (Å²) in [7, 11) is 2.99. The van der Waals surface area contributed by atoms with E-state index in [2.05, 4.69) is 4.98 Å². The second kappa shape index (κ2) is 4.83. The molecule has 0 unspecified atom stereocenters. The zero-order chi connectivity index (χ0) is 13.1. The lowest BCUT2D eigenvalue weighted by Gasteiger charge is -2.12. The fourth-order valence-corrected chi connectivity index (χ4v) is 1.71. The van der Waals surface area contributed by atoms with Crippen LogP contribution in [0.25, 0.3) is 11.1 Å². The van der Waals surface area contributed by atoms with Gasteiger partial charge in [-0.05, 0) is 12.1 Å². The van der Waals surface area contributed by atoms with E-state index in [0.29, 0.717) is 28.6 Å². The van der Waals surface area contributed by atoms with Gasteiger partial charge in [0.2, 0.25) is 11.8 Å². The molecule has 0 atom stereocenters. The SMILES string of the molecule is COc1nc(OC)c(-c2ccccc2O)cc1N. The second-order valence-electron chi connectivity index (χ2n) is 3.66. The van der Waals surface area contributed by atoms with Gasteiger partial charge in [0.15, 0.2) is 0 Å². The number of aromatic hydroxyl groups is 1. The van der Waals surface area contributed by atoms with Crippen LogP contribution in [-0.2, 0) is 0 Å². The van der Waals surface area contributed by atoms with Gasteiger partial charge >= 0.3 is 0 Å². The zero-order valence-corrected chi connectivity index (χ0v) is 10.2. The van der Waals surface area contributed by atoms with Crippen LogP contribution in [-0.4, -0.2) is 24.3 Å². The summed E-state index contributed by atoms with van der Waals surface area (Å²) in [6, 6.07) is 8.58. The molecular weight excluding hydrogens is 232 g/mol. The smallest absolute Gasteiger partial charge is 0.240 e. The number of aromatic nitrogens is 1. The third-order valence-corrected chi connectivity index (χ3v) is 2.56. The molecule has 3 N–H and O–H groups in total. The minimum atomic E-state index is 0.141. The molecule has 5 heteroatoms. The summed E-state index contributed by atoms with van der Waals surface area (Å²) in [5.41, 5.74) is 7.43. The average Bonchev–Trinajstić information content (AvgIpc) is 2.39. The molecule has 0 aliphatic heterocycles. The molecule has 18 heavy (non-hydrogen) atoms. The van der Waals surface area contributed by atoms with Crippen molar-refractivity contribution in [2.24, 2.45) is 0 Å². The number of pyridine rings is 1. The first-order chi connectivity index (χ1) is 8.67. The van der Waals surface area contributed by atoms with E-state index in [1.165, 1.54) is 14.2 Å². The number of benzene rings is 1. The van der Waals surface area contributed by atoms with Crippen LogP contribution in [0.15, 0.2) is 30.3 Å². The van der Waals surface area contributed by atoms with Crippen molar-refractivity contribution >= 4 is 5.69 Å². The fraction of sp³-hybridized carbons (Fsp3) is 0.154. The summed E-state index contributed by atoms with van der Waals surface area (Å²) in [5, 5.41) is 9.85. The van der Waals surface area contributed by atoms with Gasteiger partial charge in [0.05, 0.1) is 19.9 Å². The Labute approximate surface area is 105 Å². The Hall–Kier alpha value is -2.43. The maximum absolute atomic E-state index is 9.85. The first-order valence-corrected chi connectivity index (χ1v) is 5.34. The van der Waals surface area contributed by atoms with Gasteiger partial charge in [-0.3, -0.25) is 0 Å². The predicted molar refractivity (Wildman–Crippen MR) is 68.9 cm³/mol. The number of anilines is 1. The van der Waals surface area contributed by atoms with Crippen LogP contribution >= 0.6 is 0 Å². The molecule has 2 aromatic rings. The molecule has 5 nitrogen and oxygen atoms in total. The molecule has 1 heterocycles. The van der Waals surface area contributed by atoms with Gasteiger partial charge in [0.25, 0.3) is 0 Å². The van der Waals surface area contributed by atoms with Gasteiger partial charge in [-0.1, -0.05) is 18.2 Å². The molecular formula is C13H14N2O3. The van der Waals surface area contributed by atoms with Gasteiger partial charge in [-0.25, -0.2) is 0 Å². The van der Waals surface area contributed by atoms with E-state index in [1.54, 1.807) is 24.3 Å². The molecule has 0 saturated heterocycles. The quantitative estimate of drug-likeness (QED) is 0.866. The van der Waals surface area contributed by atoms with E-state index in [4.69, 9.17) is 15.2 Å². The number of hydrogen-bond donors (Lipinski definition) is 2. The van der Waals surface area contributed by atoms with Gasteiger partial charge < -0.3 is 20.3 Å². The van der Waals surface area contributed by atoms with Crippen molar-refractivity contribution in [1.82, 2.24) is 4.98 Å². The number of nitrogens with zero attached hydrogens (tertiary/aromatic N) is 1. The molecule has 2 rings (SSSR count). The highest BCUT2D eigenvalue weighted by Gasteiger charge is 2.15. The summed E-state index contributed by atoms with van der Waals surface area (Å²) in [5.74, 6) is 0.788. The molecule has 1 aromatic heterocycles. The highest BCUT2D eigenvalue weighted by atomic mass is 16.5. The molecule has 0 spiro atoms. The third-order valence-electron chi connectivity index (χ3n) is 2.56. The molecule has 0 fully saturated rings. The highest BCUT2D eigenvalue weighted by Crippen LogP contribution is 2.38. The number of rotatable bonds is 3. The lowest BCUT2D eigenvalue weighted by atomic mass is 10.1. The van der Waals surface area contributed by atoms with Crippen molar-refractivity contribution in [3.8, 4) is 28.6 Å². The summed E-state index contributed by atoms with van der Waals surface area (Å²) in [6.07, 6.45) is 0. The molecule has 0 amide bonds. The van der Waals surface area contributed by atoms with E-state index in [1.807, 2.05) is 6.07 Å². The van der Waals surface area contributed by atoms with E-state index in [0.717, 1.165) is 0 Å². The topological polar surface area (TPSA) is 77.6 Å². The normalized spacial score (nSPS) is 10.1. The number of phenols is 1. The van der Waals surface area contributed by atoms with Crippen LogP contribution in [0.5, 0.6) is 17.5 Å². The van der Waals surface area contributed by atoms with E-state index in [-0.39, 0.29) is 5.75 Å². The Morgan fingerprint density at radius 3 is 2.33 bits per heavy atom. The van der Waals surface area contributed by atoms with Crippen LogP contribution in [0.4, 0.5) is 5.69 Å². The number of methoxy groups -OCH3 is 2. The zero-order valence-electron chi connectivity index (χ0n) is 10.2. The summed E-state index contributed by atoms with van der Waals surface area (Å²) >= 11 is 0. The fourth-order valence-electron chi connectivity index (χ4n) is 1.71. The van der Waals surface area contributed by atoms with Crippen molar-refractivity contribution in [2.75, 3.05) is 20.0 Å². The Kier molecular flexibility index (Phi) is 3.23. The minimum absolute atomic E-state index is 0.141. The Morgan fingerprint density at radius 1 is 1.06 bits per heavy atom. The Balaban J connectivity index is 2.64. The van der Waals surface area contributed by atoms with Crippen LogP contribution in [0.1, 0.15) is 0 Å². The van der Waals surface area contributed by atoms with Crippen molar-refractivity contribution in [3.05, 3.63) is 30.3 Å². The monoisotopic (exact) mass is 246 g/mol. The largest absolute Gasteiger partial charge is 0.507 e. The molecule has 0 aliphatic rings. The standard InChI is InChI=1S/C13H14N2O3/c1-17-12-9(7-10(14)13(15-12)18-2)8-5-3-4-6-11(8)16/h3-7,16H,14H2,1-2H3. The summed E-state index contributed by atoms with van der Waals surface area (Å²) in [4.78, 5) is 4.15. The van der Waals surface area contributed by atoms with Crippen LogP contribution in [0.3, 0.4) is 0 Å².